The molecule has 2 aromatic carbocycles. The van der Waals surface area contributed by atoms with E-state index in [1.165, 1.54) is 0 Å². The maximum absolute atomic E-state index is 12.2. The summed E-state index contributed by atoms with van der Waals surface area (Å²) in [6, 6.07) is 19.2. The van der Waals surface area contributed by atoms with Gasteiger partial charge in [-0.3, -0.25) is 4.79 Å². The van der Waals surface area contributed by atoms with Crippen LogP contribution in [-0.2, 0) is 20.9 Å². The molecule has 5 nitrogen and oxygen atoms in total. The van der Waals surface area contributed by atoms with Crippen LogP contribution in [0, 0.1) is 0 Å². The molecule has 6 heteroatoms. The Bertz CT molecular complexity index is 765. The van der Waals surface area contributed by atoms with Crippen LogP contribution in [0.25, 0.3) is 6.08 Å². The fourth-order valence-corrected chi connectivity index (χ4v) is 2.79. The molecule has 29 heavy (non-hydrogen) atoms. The quantitative estimate of drug-likeness (QED) is 0.374. The maximum atomic E-state index is 12.2. The molecule has 2 aromatic rings. The molecule has 0 saturated heterocycles. The number of halogens is 1. The monoisotopic (exact) mass is 459 g/mol. The van der Waals surface area contributed by atoms with Gasteiger partial charge in [0, 0.05) is 17.8 Å². The molecule has 1 unspecified atom stereocenters. The fourth-order valence-electron chi connectivity index (χ4n) is 2.63. The van der Waals surface area contributed by atoms with Gasteiger partial charge >= 0.3 is 12.1 Å². The van der Waals surface area contributed by atoms with Crippen molar-refractivity contribution in [2.24, 2.45) is 0 Å². The lowest BCUT2D eigenvalue weighted by atomic mass is 10.1. The second kappa shape index (κ2) is 13.6. The molecular formula is C23H26BrNO4. The van der Waals surface area contributed by atoms with Gasteiger partial charge in [0.05, 0.1) is 0 Å². The molecule has 0 saturated carbocycles. The SMILES string of the molecule is O=C(CCC(C/C=C/c1ccccc1)NC(=O)OCc1ccccc1)OCCBr. The van der Waals surface area contributed by atoms with Gasteiger partial charge in [0.1, 0.15) is 13.2 Å². The molecule has 1 amide bonds. The topological polar surface area (TPSA) is 64.6 Å². The average molecular weight is 460 g/mol. The Morgan fingerprint density at radius 2 is 1.69 bits per heavy atom. The maximum Gasteiger partial charge on any atom is 0.407 e. The van der Waals surface area contributed by atoms with Crippen LogP contribution in [0.15, 0.2) is 66.7 Å². The predicted octanol–water partition coefficient (Wildman–Crippen LogP) is 5.10. The van der Waals surface area contributed by atoms with E-state index in [1.807, 2.05) is 72.8 Å². The zero-order valence-corrected chi connectivity index (χ0v) is 17.8. The Hall–Kier alpha value is -2.60. The second-order valence-electron chi connectivity index (χ2n) is 6.40. The number of alkyl carbamates (subject to hydrolysis) is 1. The van der Waals surface area contributed by atoms with Crippen LogP contribution < -0.4 is 5.32 Å². The first-order valence-electron chi connectivity index (χ1n) is 9.58. The third-order valence-corrected chi connectivity index (χ3v) is 4.43. The zero-order valence-electron chi connectivity index (χ0n) is 16.3. The third-order valence-electron chi connectivity index (χ3n) is 4.10. The molecule has 1 atom stereocenters. The number of nitrogens with one attached hydrogen (secondary N) is 1. The molecule has 0 aliphatic carbocycles. The summed E-state index contributed by atoms with van der Waals surface area (Å²) in [6.45, 7) is 0.538. The van der Waals surface area contributed by atoms with Gasteiger partial charge in [-0.2, -0.15) is 0 Å². The van der Waals surface area contributed by atoms with Crippen molar-refractivity contribution in [2.45, 2.75) is 31.9 Å². The van der Waals surface area contributed by atoms with E-state index in [0.717, 1.165) is 11.1 Å². The summed E-state index contributed by atoms with van der Waals surface area (Å²) in [5, 5.41) is 3.46. The summed E-state index contributed by atoms with van der Waals surface area (Å²) >= 11 is 3.22. The van der Waals surface area contributed by atoms with Gasteiger partial charge in [-0.25, -0.2) is 4.79 Å². The minimum atomic E-state index is -0.499. The van der Waals surface area contributed by atoms with Gasteiger partial charge in [0.2, 0.25) is 0 Å². The van der Waals surface area contributed by atoms with Crippen LogP contribution in [0.4, 0.5) is 4.79 Å². The summed E-state index contributed by atoms with van der Waals surface area (Å²) in [5.74, 6) is -0.277. The van der Waals surface area contributed by atoms with Crippen molar-refractivity contribution in [3.05, 3.63) is 77.9 Å². The largest absolute Gasteiger partial charge is 0.465 e. The smallest absolute Gasteiger partial charge is 0.407 e. The second-order valence-corrected chi connectivity index (χ2v) is 7.19. The van der Waals surface area contributed by atoms with Crippen LogP contribution in [0.5, 0.6) is 0 Å². The highest BCUT2D eigenvalue weighted by atomic mass is 79.9. The Kier molecular flexibility index (Phi) is 10.6. The molecule has 0 heterocycles. The molecule has 0 aliphatic heterocycles. The molecule has 2 rings (SSSR count). The molecule has 0 aromatic heterocycles. The van der Waals surface area contributed by atoms with Gasteiger partial charge in [0.15, 0.2) is 0 Å². The van der Waals surface area contributed by atoms with E-state index in [4.69, 9.17) is 9.47 Å². The Morgan fingerprint density at radius 1 is 1.00 bits per heavy atom. The van der Waals surface area contributed by atoms with Crippen LogP contribution in [-0.4, -0.2) is 30.0 Å². The lowest BCUT2D eigenvalue weighted by Gasteiger charge is -2.17. The van der Waals surface area contributed by atoms with E-state index < -0.39 is 6.09 Å². The van der Waals surface area contributed by atoms with Crippen LogP contribution >= 0.6 is 15.9 Å². The summed E-state index contributed by atoms with van der Waals surface area (Å²) in [7, 11) is 0. The summed E-state index contributed by atoms with van der Waals surface area (Å²) in [4.78, 5) is 24.0. The van der Waals surface area contributed by atoms with Crippen LogP contribution in [0.3, 0.4) is 0 Å². The molecular weight excluding hydrogens is 434 g/mol. The first-order chi connectivity index (χ1) is 14.2. The predicted molar refractivity (Wildman–Crippen MR) is 118 cm³/mol. The number of esters is 1. The number of hydrogen-bond donors (Lipinski definition) is 1. The lowest BCUT2D eigenvalue weighted by molar-refractivity contribution is -0.143. The molecule has 0 aliphatic rings. The van der Waals surface area contributed by atoms with Gasteiger partial charge in [-0.1, -0.05) is 88.7 Å². The van der Waals surface area contributed by atoms with Crippen LogP contribution in [0.2, 0.25) is 0 Å². The van der Waals surface area contributed by atoms with Crippen LogP contribution in [0.1, 0.15) is 30.4 Å². The van der Waals surface area contributed by atoms with Crippen molar-refractivity contribution in [3.8, 4) is 0 Å². The Balaban J connectivity index is 1.87. The number of benzene rings is 2. The molecule has 1 N–H and O–H groups in total. The molecule has 0 bridgehead atoms. The zero-order chi connectivity index (χ0) is 20.7. The van der Waals surface area contributed by atoms with Crippen molar-refractivity contribution in [2.75, 3.05) is 11.9 Å². The minimum Gasteiger partial charge on any atom is -0.465 e. The van der Waals surface area contributed by atoms with Gasteiger partial charge in [-0.05, 0) is 24.0 Å². The molecule has 0 radical (unpaired) electrons. The normalized spacial score (nSPS) is 11.8. The van der Waals surface area contributed by atoms with E-state index in [9.17, 15) is 9.59 Å². The van der Waals surface area contributed by atoms with Gasteiger partial charge in [0.25, 0.3) is 0 Å². The van der Waals surface area contributed by atoms with E-state index >= 15 is 0 Å². The number of carbonyl (C=O) groups excluding carboxylic acids is 2. The van der Waals surface area contributed by atoms with Gasteiger partial charge in [-0.15, -0.1) is 0 Å². The number of amides is 1. The number of hydrogen-bond acceptors (Lipinski definition) is 4. The molecule has 0 fully saturated rings. The highest BCUT2D eigenvalue weighted by Crippen LogP contribution is 2.09. The van der Waals surface area contributed by atoms with Crippen molar-refractivity contribution < 1.29 is 19.1 Å². The van der Waals surface area contributed by atoms with E-state index in [2.05, 4.69) is 21.2 Å². The number of carbonyl (C=O) groups is 2. The molecule has 154 valence electrons. The first-order valence-corrected chi connectivity index (χ1v) is 10.7. The average Bonchev–Trinajstić information content (AvgIpc) is 2.76. The Labute approximate surface area is 180 Å². The number of ether oxygens (including phenoxy) is 2. The highest BCUT2D eigenvalue weighted by molar-refractivity contribution is 9.09. The number of alkyl halides is 1. The van der Waals surface area contributed by atoms with Gasteiger partial charge < -0.3 is 14.8 Å². The Morgan fingerprint density at radius 3 is 2.38 bits per heavy atom. The third kappa shape index (κ3) is 9.94. The summed E-state index contributed by atoms with van der Waals surface area (Å²) in [5.41, 5.74) is 2.00. The van der Waals surface area contributed by atoms with Crippen molar-refractivity contribution in [1.29, 1.82) is 0 Å². The van der Waals surface area contributed by atoms with Crippen molar-refractivity contribution in [1.82, 2.24) is 5.32 Å². The van der Waals surface area contributed by atoms with E-state index in [-0.39, 0.29) is 25.0 Å². The summed E-state index contributed by atoms with van der Waals surface area (Å²) < 4.78 is 10.4. The van der Waals surface area contributed by atoms with E-state index in [1.54, 1.807) is 0 Å². The molecule has 0 spiro atoms. The fraction of sp³-hybridized carbons (Fsp3) is 0.304. The highest BCUT2D eigenvalue weighted by Gasteiger charge is 2.15. The first kappa shape index (κ1) is 22.7. The lowest BCUT2D eigenvalue weighted by Crippen LogP contribution is -2.35. The minimum absolute atomic E-state index is 0.201. The van der Waals surface area contributed by atoms with E-state index in [0.29, 0.717) is 24.8 Å². The van der Waals surface area contributed by atoms with Crippen molar-refractivity contribution >= 4 is 34.1 Å². The van der Waals surface area contributed by atoms with Crippen molar-refractivity contribution in [3.63, 3.8) is 0 Å². The number of rotatable bonds is 11. The summed E-state index contributed by atoms with van der Waals surface area (Å²) in [6.07, 6.45) is 4.77. The standard InChI is InChI=1S/C23H26BrNO4/c24-16-17-28-22(26)15-14-21(13-7-12-19-8-3-1-4-9-19)25-23(27)29-18-20-10-5-2-6-11-20/h1-12,21H,13-18H2,(H,25,27)/b12-7+.